The molecule has 1 aliphatic heterocycles. The van der Waals surface area contributed by atoms with Gasteiger partial charge >= 0.3 is 0 Å². The highest BCUT2D eigenvalue weighted by Crippen LogP contribution is 2.26. The summed E-state index contributed by atoms with van der Waals surface area (Å²) in [4.78, 5) is 8.72. The summed E-state index contributed by atoms with van der Waals surface area (Å²) in [5.41, 5.74) is 2.10. The van der Waals surface area contributed by atoms with Gasteiger partial charge in [-0.15, -0.1) is 0 Å². The van der Waals surface area contributed by atoms with Crippen LogP contribution in [0.3, 0.4) is 0 Å². The van der Waals surface area contributed by atoms with Gasteiger partial charge in [-0.3, -0.25) is 0 Å². The van der Waals surface area contributed by atoms with E-state index in [1.165, 1.54) is 0 Å². The molecule has 0 bridgehead atoms. The number of nitrogens with zero attached hydrogens (tertiary/aromatic N) is 2. The highest BCUT2D eigenvalue weighted by atomic mass is 35.5. The SMILES string of the molecule is ClC1=NC2C=CC=CC2C(c2ccccc2)=N1. The van der Waals surface area contributed by atoms with Gasteiger partial charge in [0.25, 0.3) is 0 Å². The van der Waals surface area contributed by atoms with Crippen molar-refractivity contribution < 1.29 is 0 Å². The molecule has 2 atom stereocenters. The van der Waals surface area contributed by atoms with Gasteiger partial charge in [-0.2, -0.15) is 0 Å². The summed E-state index contributed by atoms with van der Waals surface area (Å²) in [6, 6.07) is 10.2. The number of fused-ring (bicyclic) bond motifs is 1. The molecule has 0 N–H and O–H groups in total. The van der Waals surface area contributed by atoms with Gasteiger partial charge in [0.2, 0.25) is 5.29 Å². The summed E-state index contributed by atoms with van der Waals surface area (Å²) in [5.74, 6) is 0.199. The van der Waals surface area contributed by atoms with Crippen LogP contribution >= 0.6 is 11.6 Å². The topological polar surface area (TPSA) is 24.7 Å². The van der Waals surface area contributed by atoms with Crippen LogP contribution in [0.15, 0.2) is 64.6 Å². The Kier molecular flexibility index (Phi) is 2.65. The molecule has 17 heavy (non-hydrogen) atoms. The number of hydrogen-bond acceptors (Lipinski definition) is 2. The third-order valence-electron chi connectivity index (χ3n) is 2.96. The van der Waals surface area contributed by atoms with Crippen molar-refractivity contribution in [3.8, 4) is 0 Å². The number of hydrogen-bond donors (Lipinski definition) is 0. The summed E-state index contributed by atoms with van der Waals surface area (Å²) in [7, 11) is 0. The summed E-state index contributed by atoms with van der Waals surface area (Å²) < 4.78 is 0. The maximum Gasteiger partial charge on any atom is 0.218 e. The van der Waals surface area contributed by atoms with Crippen molar-refractivity contribution in [3.63, 3.8) is 0 Å². The van der Waals surface area contributed by atoms with Gasteiger partial charge in [0.1, 0.15) is 0 Å². The Bertz CT molecular complexity index is 541. The third-order valence-corrected chi connectivity index (χ3v) is 3.14. The maximum absolute atomic E-state index is 5.99. The summed E-state index contributed by atoms with van der Waals surface area (Å²) in [6.07, 6.45) is 8.23. The number of amidine groups is 1. The fourth-order valence-electron chi connectivity index (χ4n) is 2.16. The lowest BCUT2D eigenvalue weighted by atomic mass is 9.86. The predicted molar refractivity (Wildman–Crippen MR) is 71.8 cm³/mol. The molecule has 0 saturated heterocycles. The van der Waals surface area contributed by atoms with Crippen molar-refractivity contribution in [2.24, 2.45) is 15.9 Å². The third kappa shape index (κ3) is 1.96. The van der Waals surface area contributed by atoms with Crippen LogP contribution in [-0.4, -0.2) is 17.0 Å². The summed E-state index contributed by atoms with van der Waals surface area (Å²) in [5, 5.41) is 0.338. The van der Waals surface area contributed by atoms with Gasteiger partial charge in [-0.05, 0) is 17.2 Å². The highest BCUT2D eigenvalue weighted by Gasteiger charge is 2.28. The van der Waals surface area contributed by atoms with E-state index >= 15 is 0 Å². The highest BCUT2D eigenvalue weighted by molar-refractivity contribution is 6.66. The van der Waals surface area contributed by atoms with Crippen LogP contribution in [-0.2, 0) is 0 Å². The zero-order valence-electron chi connectivity index (χ0n) is 9.12. The minimum absolute atomic E-state index is 0.0835. The van der Waals surface area contributed by atoms with Crippen molar-refractivity contribution in [3.05, 3.63) is 60.2 Å². The molecule has 2 unspecified atom stereocenters. The average Bonchev–Trinajstić information content (AvgIpc) is 2.39. The van der Waals surface area contributed by atoms with Gasteiger partial charge in [-0.25, -0.2) is 9.98 Å². The van der Waals surface area contributed by atoms with E-state index in [-0.39, 0.29) is 12.0 Å². The summed E-state index contributed by atoms with van der Waals surface area (Å²) in [6.45, 7) is 0. The van der Waals surface area contributed by atoms with Crippen molar-refractivity contribution in [2.75, 3.05) is 0 Å². The van der Waals surface area contributed by atoms with E-state index in [0.29, 0.717) is 5.29 Å². The molecule has 1 aliphatic carbocycles. The molecule has 2 aliphatic rings. The van der Waals surface area contributed by atoms with E-state index in [1.807, 2.05) is 30.4 Å². The Balaban J connectivity index is 2.06. The molecule has 0 saturated carbocycles. The molecule has 0 aromatic heterocycles. The van der Waals surface area contributed by atoms with Gasteiger partial charge in [0, 0.05) is 5.92 Å². The molecule has 0 amide bonds. The summed E-state index contributed by atoms with van der Waals surface area (Å²) >= 11 is 5.99. The molecule has 0 radical (unpaired) electrons. The Morgan fingerprint density at radius 3 is 2.59 bits per heavy atom. The molecule has 1 heterocycles. The van der Waals surface area contributed by atoms with Gasteiger partial charge in [-0.1, -0.05) is 54.6 Å². The van der Waals surface area contributed by atoms with Gasteiger partial charge in [0.05, 0.1) is 11.8 Å². The van der Waals surface area contributed by atoms with Gasteiger partial charge < -0.3 is 0 Å². The fraction of sp³-hybridized carbons (Fsp3) is 0.143. The van der Waals surface area contributed by atoms with E-state index in [1.54, 1.807) is 0 Å². The smallest absolute Gasteiger partial charge is 0.218 e. The van der Waals surface area contributed by atoms with Crippen molar-refractivity contribution in [1.82, 2.24) is 0 Å². The molecule has 2 nitrogen and oxygen atoms in total. The quantitative estimate of drug-likeness (QED) is 0.676. The van der Waals surface area contributed by atoms with E-state index in [4.69, 9.17) is 11.6 Å². The van der Waals surface area contributed by atoms with Crippen molar-refractivity contribution in [2.45, 2.75) is 6.04 Å². The van der Waals surface area contributed by atoms with E-state index in [2.05, 4.69) is 34.3 Å². The molecular formula is C14H11ClN2. The lowest BCUT2D eigenvalue weighted by Gasteiger charge is -2.26. The first kappa shape index (κ1) is 10.5. The van der Waals surface area contributed by atoms with Gasteiger partial charge in [0.15, 0.2) is 0 Å². The van der Waals surface area contributed by atoms with Crippen LogP contribution in [0.1, 0.15) is 5.56 Å². The van der Waals surface area contributed by atoms with E-state index in [9.17, 15) is 0 Å². The minimum Gasteiger partial charge on any atom is -0.248 e. The van der Waals surface area contributed by atoms with Crippen LogP contribution in [0.5, 0.6) is 0 Å². The van der Waals surface area contributed by atoms with Crippen LogP contribution < -0.4 is 0 Å². The minimum atomic E-state index is 0.0835. The van der Waals surface area contributed by atoms with E-state index in [0.717, 1.165) is 11.3 Å². The Morgan fingerprint density at radius 1 is 1.00 bits per heavy atom. The number of rotatable bonds is 1. The number of allylic oxidation sites excluding steroid dienone is 2. The van der Waals surface area contributed by atoms with Crippen LogP contribution in [0.2, 0.25) is 0 Å². The first-order valence-corrected chi connectivity index (χ1v) is 5.95. The normalized spacial score (nSPS) is 26.2. The second-order valence-corrected chi connectivity index (χ2v) is 4.39. The fourth-order valence-corrected chi connectivity index (χ4v) is 2.37. The number of benzene rings is 1. The van der Waals surface area contributed by atoms with Crippen LogP contribution in [0.25, 0.3) is 0 Å². The Hall–Kier alpha value is -1.67. The molecule has 3 heteroatoms. The zero-order valence-corrected chi connectivity index (χ0v) is 9.88. The molecule has 0 spiro atoms. The molecule has 84 valence electrons. The first-order valence-electron chi connectivity index (χ1n) is 5.57. The maximum atomic E-state index is 5.99. The Labute approximate surface area is 105 Å². The first-order chi connectivity index (χ1) is 8.34. The van der Waals surface area contributed by atoms with E-state index < -0.39 is 0 Å². The molecule has 3 rings (SSSR count). The number of halogens is 1. The van der Waals surface area contributed by atoms with Crippen molar-refractivity contribution >= 4 is 22.6 Å². The monoisotopic (exact) mass is 242 g/mol. The second-order valence-electron chi connectivity index (χ2n) is 4.05. The zero-order chi connectivity index (χ0) is 11.7. The standard InChI is InChI=1S/C14H11ClN2/c15-14-16-12-9-5-4-8-11(12)13(17-14)10-6-2-1-3-7-10/h1-9,11-12H. The lowest BCUT2D eigenvalue weighted by molar-refractivity contribution is 0.711. The van der Waals surface area contributed by atoms with Crippen molar-refractivity contribution in [1.29, 1.82) is 0 Å². The number of aliphatic imine (C=N–C) groups is 2. The largest absolute Gasteiger partial charge is 0.248 e. The molecule has 0 fully saturated rings. The molecule has 1 aromatic carbocycles. The second kappa shape index (κ2) is 4.30. The average molecular weight is 243 g/mol. The molecule has 1 aromatic rings. The van der Waals surface area contributed by atoms with Crippen LogP contribution in [0, 0.1) is 5.92 Å². The lowest BCUT2D eigenvalue weighted by Crippen LogP contribution is -2.30. The molecular weight excluding hydrogens is 232 g/mol. The Morgan fingerprint density at radius 2 is 1.76 bits per heavy atom. The van der Waals surface area contributed by atoms with Crippen LogP contribution in [0.4, 0.5) is 0 Å². The predicted octanol–water partition coefficient (Wildman–Crippen LogP) is 3.19.